The summed E-state index contributed by atoms with van der Waals surface area (Å²) in [7, 11) is 1.24. The minimum absolute atomic E-state index is 0.0289. The molecule has 2 N–H and O–H groups in total. The lowest BCUT2D eigenvalue weighted by Gasteiger charge is -2.34. The molecule has 0 bridgehead atoms. The maximum Gasteiger partial charge on any atom is 0.274 e. The molecule has 0 aliphatic carbocycles. The summed E-state index contributed by atoms with van der Waals surface area (Å²) in [6, 6.07) is 1.98. The molecule has 2 aliphatic heterocycles. The summed E-state index contributed by atoms with van der Waals surface area (Å²) < 4.78 is 34.1. The Hall–Kier alpha value is -3.76. The number of rotatable bonds is 6. The molecule has 9 nitrogen and oxygen atoms in total. The topological polar surface area (TPSA) is 110 Å². The molecule has 34 heavy (non-hydrogen) atoms. The van der Waals surface area contributed by atoms with E-state index >= 15 is 0 Å². The Bertz CT molecular complexity index is 1260. The van der Waals surface area contributed by atoms with Gasteiger partial charge in [-0.05, 0) is 19.4 Å². The molecular formula is C23H24F2N4O5. The number of halogens is 2. The quantitative estimate of drug-likeness (QED) is 0.662. The molecule has 3 heterocycles. The molecule has 0 fully saturated rings. The zero-order chi connectivity index (χ0) is 24.7. The zero-order valence-corrected chi connectivity index (χ0v) is 18.9. The Morgan fingerprint density at radius 3 is 2.59 bits per heavy atom. The molecule has 2 atom stereocenters. The molecule has 0 unspecified atom stereocenters. The van der Waals surface area contributed by atoms with Gasteiger partial charge >= 0.3 is 0 Å². The first-order valence-corrected chi connectivity index (χ1v) is 10.8. The van der Waals surface area contributed by atoms with Crippen LogP contribution in [0.15, 0.2) is 23.0 Å². The van der Waals surface area contributed by atoms with Gasteiger partial charge in [-0.15, -0.1) is 0 Å². The van der Waals surface area contributed by atoms with E-state index in [4.69, 9.17) is 4.74 Å². The van der Waals surface area contributed by atoms with Crippen LogP contribution in [-0.4, -0.2) is 47.4 Å². The van der Waals surface area contributed by atoms with E-state index < -0.39 is 34.9 Å². The third-order valence-corrected chi connectivity index (χ3v) is 6.17. The van der Waals surface area contributed by atoms with E-state index in [2.05, 4.69) is 10.6 Å². The maximum absolute atomic E-state index is 14.0. The minimum atomic E-state index is -0.842. The molecule has 11 heteroatoms. The number of likely N-dealkylation sites (N-methyl/N-ethyl adjacent to an activating group) is 1. The van der Waals surface area contributed by atoms with Crippen LogP contribution >= 0.6 is 0 Å². The number of nitrogens with zero attached hydrogens (tertiary/aromatic N) is 2. The summed E-state index contributed by atoms with van der Waals surface area (Å²) in [6.07, 6.45) is 0.371. The fourth-order valence-corrected chi connectivity index (χ4v) is 4.72. The maximum atomic E-state index is 14.0. The standard InChI is InChI=1S/C23H24F2N4O5/c1-4-28-10-14-8-16(27-11(2)30)18-17(20(31)21(34-3)19(23(28)33)29(14)18)22(32)26-9-12-5-6-13(24)7-15(12)25/h5-7,14,16H,4,8-10H2,1-3H3,(H,26,32)(H,27,30)/t14-,16-/m1/s1. The van der Waals surface area contributed by atoms with Gasteiger partial charge in [0.1, 0.15) is 17.2 Å². The summed E-state index contributed by atoms with van der Waals surface area (Å²) in [6.45, 7) is 3.60. The van der Waals surface area contributed by atoms with Crippen molar-refractivity contribution in [2.45, 2.75) is 38.9 Å². The lowest BCUT2D eigenvalue weighted by molar-refractivity contribution is -0.119. The Balaban J connectivity index is 1.83. The number of hydrogen-bond acceptors (Lipinski definition) is 5. The van der Waals surface area contributed by atoms with Gasteiger partial charge in [0.2, 0.25) is 11.3 Å². The number of hydrogen-bond donors (Lipinski definition) is 2. The number of nitrogens with one attached hydrogen (secondary N) is 2. The van der Waals surface area contributed by atoms with Gasteiger partial charge in [-0.2, -0.15) is 0 Å². The molecule has 2 aliphatic rings. The first kappa shape index (κ1) is 23.4. The third-order valence-electron chi connectivity index (χ3n) is 6.17. The number of benzene rings is 1. The van der Waals surface area contributed by atoms with Crippen LogP contribution in [0.4, 0.5) is 8.78 Å². The predicted molar refractivity (Wildman–Crippen MR) is 117 cm³/mol. The summed E-state index contributed by atoms with van der Waals surface area (Å²) in [5.74, 6) is -3.45. The van der Waals surface area contributed by atoms with Crippen LogP contribution in [0.25, 0.3) is 0 Å². The number of amides is 3. The minimum Gasteiger partial charge on any atom is -0.491 e. The smallest absolute Gasteiger partial charge is 0.274 e. The number of carbonyl (C=O) groups excluding carboxylic acids is 3. The second kappa shape index (κ2) is 8.88. The van der Waals surface area contributed by atoms with Crippen LogP contribution in [0, 0.1) is 11.6 Å². The van der Waals surface area contributed by atoms with E-state index in [1.165, 1.54) is 20.1 Å². The van der Waals surface area contributed by atoms with Crippen molar-refractivity contribution in [3.8, 4) is 5.75 Å². The van der Waals surface area contributed by atoms with Crippen molar-refractivity contribution in [2.24, 2.45) is 0 Å². The average Bonchev–Trinajstić information content (AvgIpc) is 3.12. The number of aromatic nitrogens is 1. The zero-order valence-electron chi connectivity index (χ0n) is 18.9. The lowest BCUT2D eigenvalue weighted by atomic mass is 10.0. The molecule has 0 spiro atoms. The fraction of sp³-hybridized carbons (Fsp3) is 0.391. The van der Waals surface area contributed by atoms with Crippen LogP contribution < -0.4 is 20.8 Å². The number of methoxy groups -OCH3 is 1. The van der Waals surface area contributed by atoms with Gasteiger partial charge in [-0.1, -0.05) is 6.07 Å². The summed E-state index contributed by atoms with van der Waals surface area (Å²) in [5.41, 5.74) is -0.816. The molecule has 0 saturated heterocycles. The van der Waals surface area contributed by atoms with Crippen molar-refractivity contribution in [1.82, 2.24) is 20.1 Å². The van der Waals surface area contributed by atoms with Gasteiger partial charge in [0, 0.05) is 38.2 Å². The van der Waals surface area contributed by atoms with Crippen LogP contribution in [0.2, 0.25) is 0 Å². The largest absolute Gasteiger partial charge is 0.491 e. The first-order chi connectivity index (χ1) is 16.2. The highest BCUT2D eigenvalue weighted by molar-refractivity contribution is 6.00. The van der Waals surface area contributed by atoms with Gasteiger partial charge in [0.05, 0.1) is 24.9 Å². The van der Waals surface area contributed by atoms with Crippen LogP contribution in [-0.2, 0) is 11.3 Å². The van der Waals surface area contributed by atoms with E-state index in [1.807, 2.05) is 6.92 Å². The molecule has 1 aromatic heterocycles. The van der Waals surface area contributed by atoms with Gasteiger partial charge < -0.3 is 24.8 Å². The second-order valence-electron chi connectivity index (χ2n) is 8.25. The Kier molecular flexibility index (Phi) is 6.11. The average molecular weight is 474 g/mol. The Morgan fingerprint density at radius 1 is 1.24 bits per heavy atom. The number of ether oxygens (including phenoxy) is 1. The van der Waals surface area contributed by atoms with E-state index in [0.29, 0.717) is 25.6 Å². The Morgan fingerprint density at radius 2 is 1.97 bits per heavy atom. The van der Waals surface area contributed by atoms with E-state index in [0.717, 1.165) is 6.07 Å². The van der Waals surface area contributed by atoms with Crippen molar-refractivity contribution < 1.29 is 27.9 Å². The molecule has 0 saturated carbocycles. The number of pyridine rings is 1. The predicted octanol–water partition coefficient (Wildman–Crippen LogP) is 1.66. The van der Waals surface area contributed by atoms with Crippen molar-refractivity contribution in [3.05, 3.63) is 62.6 Å². The highest BCUT2D eigenvalue weighted by Crippen LogP contribution is 2.42. The monoisotopic (exact) mass is 474 g/mol. The van der Waals surface area contributed by atoms with Gasteiger partial charge in [-0.3, -0.25) is 19.2 Å². The van der Waals surface area contributed by atoms with Crippen molar-refractivity contribution in [3.63, 3.8) is 0 Å². The van der Waals surface area contributed by atoms with Crippen LogP contribution in [0.3, 0.4) is 0 Å². The van der Waals surface area contributed by atoms with Gasteiger partial charge in [-0.25, -0.2) is 8.78 Å². The molecule has 1 aromatic carbocycles. The summed E-state index contributed by atoms with van der Waals surface area (Å²) in [4.78, 5) is 53.2. The molecule has 0 radical (unpaired) electrons. The van der Waals surface area contributed by atoms with E-state index in [-0.39, 0.29) is 46.8 Å². The Labute approximate surface area is 193 Å². The lowest BCUT2D eigenvalue weighted by Crippen LogP contribution is -2.45. The van der Waals surface area contributed by atoms with Crippen molar-refractivity contribution >= 4 is 17.7 Å². The summed E-state index contributed by atoms with van der Waals surface area (Å²) in [5, 5.41) is 5.26. The molecule has 2 aromatic rings. The van der Waals surface area contributed by atoms with E-state index in [1.54, 1.807) is 9.47 Å². The van der Waals surface area contributed by atoms with Gasteiger partial charge in [0.15, 0.2) is 11.4 Å². The van der Waals surface area contributed by atoms with Crippen molar-refractivity contribution in [2.75, 3.05) is 20.2 Å². The molecular weight excluding hydrogens is 450 g/mol. The van der Waals surface area contributed by atoms with Crippen LogP contribution in [0.5, 0.6) is 5.75 Å². The number of carbonyl (C=O) groups is 3. The first-order valence-electron chi connectivity index (χ1n) is 10.8. The summed E-state index contributed by atoms with van der Waals surface area (Å²) >= 11 is 0. The second-order valence-corrected chi connectivity index (χ2v) is 8.25. The highest BCUT2D eigenvalue weighted by atomic mass is 19.1. The molecule has 4 rings (SSSR count). The molecule has 3 amide bonds. The van der Waals surface area contributed by atoms with E-state index in [9.17, 15) is 28.0 Å². The molecule has 180 valence electrons. The van der Waals surface area contributed by atoms with Crippen LogP contribution in [0.1, 0.15) is 64.5 Å². The third kappa shape index (κ3) is 3.80. The highest BCUT2D eigenvalue weighted by Gasteiger charge is 2.45. The van der Waals surface area contributed by atoms with Gasteiger partial charge in [0.25, 0.3) is 11.8 Å². The SMILES string of the molecule is CCN1C[C@H]2C[C@@H](NC(C)=O)c3c(C(=O)NCc4ccc(F)cc4F)c(=O)c(OC)c(n32)C1=O. The normalized spacial score (nSPS) is 18.5. The fourth-order valence-electron chi connectivity index (χ4n) is 4.72. The van der Waals surface area contributed by atoms with Crippen molar-refractivity contribution in [1.29, 1.82) is 0 Å².